The van der Waals surface area contributed by atoms with Crippen LogP contribution in [0.15, 0.2) is 30.3 Å². The second-order valence-electron chi connectivity index (χ2n) is 15.4. The number of hydrogen-bond acceptors (Lipinski definition) is 10. The third-order valence-corrected chi connectivity index (χ3v) is 21.3. The molecule has 0 aromatic heterocycles. The van der Waals surface area contributed by atoms with Crippen LogP contribution in [0.4, 0.5) is 0 Å². The highest BCUT2D eigenvalue weighted by Crippen LogP contribution is 2.54. The lowest BCUT2D eigenvalue weighted by Crippen LogP contribution is -2.48. The average Bonchev–Trinajstić information content (AvgIpc) is 3.37. The molecule has 6 nitrogen and oxygen atoms in total. The van der Waals surface area contributed by atoms with Crippen molar-refractivity contribution in [3.63, 3.8) is 0 Å². The minimum absolute atomic E-state index is 0.00151. The van der Waals surface area contributed by atoms with Crippen molar-refractivity contribution in [1.82, 2.24) is 0 Å². The maximum atomic E-state index is 11.4. The number of thioether (sulfide) groups is 4. The number of rotatable bonds is 17. The van der Waals surface area contributed by atoms with Gasteiger partial charge in [0.2, 0.25) is 0 Å². The van der Waals surface area contributed by atoms with E-state index >= 15 is 0 Å². The maximum Gasteiger partial charge on any atom is 0.192 e. The Morgan fingerprint density at radius 1 is 0.936 bits per heavy atom. The van der Waals surface area contributed by atoms with E-state index < -0.39 is 20.2 Å². The number of hydrogen-bond donors (Lipinski definition) is 1. The predicted octanol–water partition coefficient (Wildman–Crippen LogP) is 9.20. The summed E-state index contributed by atoms with van der Waals surface area (Å²) in [6.45, 7) is 17.3. The van der Waals surface area contributed by atoms with Crippen LogP contribution in [0.2, 0.25) is 18.1 Å². The Balaban J connectivity index is 1.51. The molecular formula is C36H62O6S4Si. The number of aliphatic hydroxyl groups excluding tert-OH is 1. The van der Waals surface area contributed by atoms with Crippen molar-refractivity contribution in [3.05, 3.63) is 35.9 Å². The smallest absolute Gasteiger partial charge is 0.192 e. The van der Waals surface area contributed by atoms with Crippen LogP contribution in [0.25, 0.3) is 0 Å². The molecule has 1 aromatic rings. The van der Waals surface area contributed by atoms with E-state index in [1.54, 1.807) is 0 Å². The first-order chi connectivity index (χ1) is 22.2. The SMILES string of the molecule is CO[C@@H](CCC1(C[C@H](CC2(C[C@@H](O)COCc3ccccc3)SCCCS2)O[Si](C)(C)C(C)(C)C)SCCCS1)[C@H]1COC(C)(C)O1. The van der Waals surface area contributed by atoms with Crippen molar-refractivity contribution in [3.8, 4) is 0 Å². The van der Waals surface area contributed by atoms with Gasteiger partial charge in [-0.15, -0.1) is 47.0 Å². The first-order valence-corrected chi connectivity index (χ1v) is 24.4. The summed E-state index contributed by atoms with van der Waals surface area (Å²) in [4.78, 5) is 0. The molecule has 4 rings (SSSR count). The normalized spacial score (nSPS) is 24.9. The number of ether oxygens (including phenoxy) is 4. The van der Waals surface area contributed by atoms with Crippen LogP contribution in [0.5, 0.6) is 0 Å². The van der Waals surface area contributed by atoms with Gasteiger partial charge in [0.05, 0.1) is 40.2 Å². The van der Waals surface area contributed by atoms with Crippen LogP contribution in [-0.2, 0) is 30.0 Å². The van der Waals surface area contributed by atoms with Crippen molar-refractivity contribution >= 4 is 55.4 Å². The van der Waals surface area contributed by atoms with E-state index in [0.717, 1.165) is 42.8 Å². The minimum atomic E-state index is -2.08. The van der Waals surface area contributed by atoms with Gasteiger partial charge in [-0.3, -0.25) is 0 Å². The monoisotopic (exact) mass is 746 g/mol. The van der Waals surface area contributed by atoms with Gasteiger partial charge < -0.3 is 28.5 Å². The molecule has 1 aromatic carbocycles. The van der Waals surface area contributed by atoms with Gasteiger partial charge in [0.25, 0.3) is 0 Å². The lowest BCUT2D eigenvalue weighted by molar-refractivity contribution is -0.154. The Bertz CT molecular complexity index is 1060. The summed E-state index contributed by atoms with van der Waals surface area (Å²) in [5.41, 5.74) is 1.14. The highest BCUT2D eigenvalue weighted by molar-refractivity contribution is 8.19. The molecular weight excluding hydrogens is 685 g/mol. The molecule has 1 N–H and O–H groups in total. The molecule has 3 fully saturated rings. The summed E-state index contributed by atoms with van der Waals surface area (Å²) >= 11 is 8.38. The summed E-state index contributed by atoms with van der Waals surface area (Å²) in [6.07, 6.45) is 6.63. The van der Waals surface area contributed by atoms with E-state index in [0.29, 0.717) is 26.2 Å². The number of methoxy groups -OCH3 is 1. The zero-order valence-electron chi connectivity index (χ0n) is 30.2. The van der Waals surface area contributed by atoms with Crippen LogP contribution < -0.4 is 0 Å². The fraction of sp³-hybridized carbons (Fsp3) is 0.833. The summed E-state index contributed by atoms with van der Waals surface area (Å²) in [7, 11) is -0.263. The lowest BCUT2D eigenvalue weighted by atomic mass is 9.99. The van der Waals surface area contributed by atoms with Crippen LogP contribution >= 0.6 is 47.0 Å². The largest absolute Gasteiger partial charge is 0.414 e. The van der Waals surface area contributed by atoms with Crippen molar-refractivity contribution in [2.45, 2.75) is 143 Å². The highest BCUT2D eigenvalue weighted by atomic mass is 32.2. The Morgan fingerprint density at radius 3 is 2.09 bits per heavy atom. The second kappa shape index (κ2) is 17.9. The van der Waals surface area contributed by atoms with Gasteiger partial charge in [-0.25, -0.2) is 0 Å². The van der Waals surface area contributed by atoms with Gasteiger partial charge in [0.1, 0.15) is 6.10 Å². The van der Waals surface area contributed by atoms with Crippen molar-refractivity contribution in [2.24, 2.45) is 0 Å². The Labute approximate surface area is 304 Å². The Kier molecular flexibility index (Phi) is 15.4. The van der Waals surface area contributed by atoms with Crippen LogP contribution in [0.3, 0.4) is 0 Å². The molecule has 3 saturated heterocycles. The van der Waals surface area contributed by atoms with Crippen LogP contribution in [-0.4, -0.2) is 95.1 Å². The molecule has 0 unspecified atom stereocenters. The summed E-state index contributed by atoms with van der Waals surface area (Å²) in [5.74, 6) is 4.05. The molecule has 47 heavy (non-hydrogen) atoms. The third kappa shape index (κ3) is 12.4. The van der Waals surface area contributed by atoms with Gasteiger partial charge in [0.15, 0.2) is 14.1 Å². The molecule has 3 aliphatic heterocycles. The molecule has 4 atom stereocenters. The predicted molar refractivity (Wildman–Crippen MR) is 207 cm³/mol. The Morgan fingerprint density at radius 2 is 1.53 bits per heavy atom. The Hall–Kier alpha value is 0.597. The third-order valence-electron chi connectivity index (χ3n) is 9.91. The van der Waals surface area contributed by atoms with Gasteiger partial charge in [-0.1, -0.05) is 51.1 Å². The van der Waals surface area contributed by atoms with Crippen molar-refractivity contribution in [2.75, 3.05) is 43.3 Å². The standard InChI is InChI=1S/C36H62O6S4Si/c1-33(2,3)47(7,8)42-30(23-35(43-18-12-19-44-35)17-16-31(38-6)32-27-40-34(4,5)41-32)24-36(45-20-13-21-46-36)22-29(37)26-39-25-28-14-10-9-11-15-28/h9-11,14-15,29-32,37H,12-13,16-27H2,1-8H3/t29-,30-,31+,32-/m1/s1. The molecule has 3 heterocycles. The topological polar surface area (TPSA) is 66.4 Å². The molecule has 0 amide bonds. The molecule has 0 saturated carbocycles. The fourth-order valence-electron chi connectivity index (χ4n) is 6.38. The molecule has 270 valence electrons. The van der Waals surface area contributed by atoms with E-state index in [1.807, 2.05) is 62.7 Å². The highest BCUT2D eigenvalue weighted by Gasteiger charge is 2.47. The zero-order valence-corrected chi connectivity index (χ0v) is 34.5. The quantitative estimate of drug-likeness (QED) is 0.156. The van der Waals surface area contributed by atoms with Gasteiger partial charge in [-0.2, -0.15) is 0 Å². The van der Waals surface area contributed by atoms with E-state index in [-0.39, 0.29) is 31.5 Å². The fourth-order valence-corrected chi connectivity index (χ4v) is 14.8. The number of aliphatic hydroxyl groups is 1. The van der Waals surface area contributed by atoms with Crippen molar-refractivity contribution < 1.29 is 28.5 Å². The molecule has 0 aliphatic carbocycles. The summed E-state index contributed by atoms with van der Waals surface area (Å²) in [6, 6.07) is 10.2. The van der Waals surface area contributed by atoms with Gasteiger partial charge >= 0.3 is 0 Å². The van der Waals surface area contributed by atoms with E-state index in [9.17, 15) is 5.11 Å². The van der Waals surface area contributed by atoms with Gasteiger partial charge in [-0.05, 0) is 106 Å². The first kappa shape index (κ1) is 40.4. The molecule has 0 spiro atoms. The van der Waals surface area contributed by atoms with Crippen LogP contribution in [0, 0.1) is 0 Å². The zero-order chi connectivity index (χ0) is 34.2. The molecule has 0 radical (unpaired) electrons. The van der Waals surface area contributed by atoms with Crippen LogP contribution in [0.1, 0.15) is 85.1 Å². The molecule has 0 bridgehead atoms. The molecule has 3 aliphatic rings. The van der Waals surface area contributed by atoms with Crippen molar-refractivity contribution in [1.29, 1.82) is 0 Å². The van der Waals surface area contributed by atoms with Gasteiger partial charge in [0, 0.05) is 13.2 Å². The van der Waals surface area contributed by atoms with E-state index in [4.69, 9.17) is 23.4 Å². The first-order valence-electron chi connectivity index (χ1n) is 17.5. The van der Waals surface area contributed by atoms with E-state index in [1.165, 1.54) is 24.3 Å². The second-order valence-corrected chi connectivity index (χ2v) is 26.6. The molecule has 11 heteroatoms. The number of benzene rings is 1. The lowest BCUT2D eigenvalue weighted by Gasteiger charge is -2.47. The summed E-state index contributed by atoms with van der Waals surface area (Å²) in [5, 5.41) is 11.5. The van der Waals surface area contributed by atoms with E-state index in [2.05, 4.69) is 69.5 Å². The maximum absolute atomic E-state index is 11.4. The summed E-state index contributed by atoms with van der Waals surface area (Å²) < 4.78 is 31.6. The average molecular weight is 747 g/mol. The minimum Gasteiger partial charge on any atom is -0.414 e.